The summed E-state index contributed by atoms with van der Waals surface area (Å²) in [6, 6.07) is 10.3. The summed E-state index contributed by atoms with van der Waals surface area (Å²) in [5.41, 5.74) is 2.55. The predicted octanol–water partition coefficient (Wildman–Crippen LogP) is 5.32. The number of benzene rings is 2. The van der Waals surface area contributed by atoms with E-state index in [1.54, 1.807) is 54.4 Å². The molecule has 0 spiro atoms. The van der Waals surface area contributed by atoms with E-state index in [2.05, 4.69) is 32.7 Å². The summed E-state index contributed by atoms with van der Waals surface area (Å²) in [6.07, 6.45) is 2.81. The van der Waals surface area contributed by atoms with E-state index in [-0.39, 0.29) is 13.1 Å². The Labute approximate surface area is 238 Å². The molecule has 13 heteroatoms. The lowest BCUT2D eigenvalue weighted by atomic mass is 10.1. The molecule has 0 aliphatic heterocycles. The molecule has 0 bridgehead atoms. The Bertz CT molecular complexity index is 1580. The summed E-state index contributed by atoms with van der Waals surface area (Å²) in [7, 11) is 0.973. The van der Waals surface area contributed by atoms with Crippen molar-refractivity contribution in [3.8, 4) is 22.9 Å². The highest BCUT2D eigenvalue weighted by atomic mass is 127. The molecule has 0 aliphatic carbocycles. The highest BCUT2D eigenvalue weighted by molar-refractivity contribution is 14.1. The lowest BCUT2D eigenvalue weighted by Crippen LogP contribution is -2.29. The number of pyridine rings is 1. The number of sulfonamides is 1. The van der Waals surface area contributed by atoms with Crippen LogP contribution in [0.5, 0.6) is 17.2 Å². The first-order valence-electron chi connectivity index (χ1n) is 10.8. The van der Waals surface area contributed by atoms with Crippen LogP contribution in [0, 0.1) is 3.70 Å². The molecule has 0 saturated heterocycles. The molecule has 4 rings (SSSR count). The van der Waals surface area contributed by atoms with Crippen LogP contribution in [-0.2, 0) is 23.1 Å². The standard InChI is InChI=1S/C24H23Cl2IN4O5S/c1-34-16-6-5-14(21(8-16)35-2)12-30(37(4,32)33)13-15-7-22(36-3)20(9-18(15)25)31-19-10-23(26)28-11-17(19)24(27)29-31/h5-11H,12-13H2,1-4H3. The quantitative estimate of drug-likeness (QED) is 0.175. The maximum atomic E-state index is 12.8. The summed E-state index contributed by atoms with van der Waals surface area (Å²) < 4.78 is 45.6. The van der Waals surface area contributed by atoms with Crippen LogP contribution in [0.25, 0.3) is 16.6 Å². The summed E-state index contributed by atoms with van der Waals surface area (Å²) in [6.45, 7) is 0.0799. The van der Waals surface area contributed by atoms with Crippen LogP contribution in [0.1, 0.15) is 11.1 Å². The molecule has 0 N–H and O–H groups in total. The average Bonchev–Trinajstić information content (AvgIpc) is 3.19. The number of nitrogens with zero attached hydrogens (tertiary/aromatic N) is 4. The highest BCUT2D eigenvalue weighted by Crippen LogP contribution is 2.35. The Morgan fingerprint density at radius 2 is 1.68 bits per heavy atom. The number of halogens is 3. The van der Waals surface area contributed by atoms with Gasteiger partial charge in [-0.05, 0) is 46.4 Å². The van der Waals surface area contributed by atoms with Crippen molar-refractivity contribution >= 4 is 66.7 Å². The first-order valence-corrected chi connectivity index (χ1v) is 14.5. The van der Waals surface area contributed by atoms with Crippen molar-refractivity contribution in [2.75, 3.05) is 27.6 Å². The summed E-state index contributed by atoms with van der Waals surface area (Å²) in [5.74, 6) is 1.58. The van der Waals surface area contributed by atoms with Gasteiger partial charge in [0.05, 0.1) is 38.5 Å². The van der Waals surface area contributed by atoms with Gasteiger partial charge in [-0.3, -0.25) is 0 Å². The van der Waals surface area contributed by atoms with Crippen molar-refractivity contribution in [2.24, 2.45) is 0 Å². The van der Waals surface area contributed by atoms with E-state index in [9.17, 15) is 8.42 Å². The highest BCUT2D eigenvalue weighted by Gasteiger charge is 2.23. The number of fused-ring (bicyclic) bond motifs is 1. The average molecular weight is 677 g/mol. The minimum Gasteiger partial charge on any atom is -0.497 e. The van der Waals surface area contributed by atoms with Crippen LogP contribution in [0.3, 0.4) is 0 Å². The van der Waals surface area contributed by atoms with E-state index in [1.807, 2.05) is 0 Å². The van der Waals surface area contributed by atoms with Crippen molar-refractivity contribution in [1.82, 2.24) is 19.1 Å². The minimum atomic E-state index is -3.62. The third kappa shape index (κ3) is 5.90. The van der Waals surface area contributed by atoms with Gasteiger partial charge in [0.2, 0.25) is 10.0 Å². The molecule has 37 heavy (non-hydrogen) atoms. The summed E-state index contributed by atoms with van der Waals surface area (Å²) >= 11 is 14.9. The van der Waals surface area contributed by atoms with Gasteiger partial charge in [-0.15, -0.1) is 0 Å². The van der Waals surface area contributed by atoms with Crippen LogP contribution in [0.4, 0.5) is 0 Å². The van der Waals surface area contributed by atoms with Gasteiger partial charge in [0.25, 0.3) is 0 Å². The molecule has 2 aromatic carbocycles. The summed E-state index contributed by atoms with van der Waals surface area (Å²) in [5, 5.41) is 6.10. The van der Waals surface area contributed by atoms with E-state index in [0.717, 1.165) is 20.9 Å². The molecule has 0 saturated carbocycles. The second-order valence-electron chi connectivity index (χ2n) is 8.05. The zero-order valence-corrected chi connectivity index (χ0v) is 24.8. The van der Waals surface area contributed by atoms with Gasteiger partial charge in [0.1, 0.15) is 31.8 Å². The molecule has 0 fully saturated rings. The van der Waals surface area contributed by atoms with E-state index < -0.39 is 10.0 Å². The number of rotatable bonds is 9. The first kappa shape index (κ1) is 27.7. The Kier molecular flexibility index (Phi) is 8.38. The minimum absolute atomic E-state index is 0.0105. The van der Waals surface area contributed by atoms with Gasteiger partial charge in [-0.25, -0.2) is 18.1 Å². The smallest absolute Gasteiger partial charge is 0.211 e. The molecular weight excluding hydrogens is 654 g/mol. The number of ether oxygens (including phenoxy) is 3. The third-order valence-electron chi connectivity index (χ3n) is 5.72. The second kappa shape index (κ2) is 11.2. The fraction of sp³-hybridized carbons (Fsp3) is 0.250. The van der Waals surface area contributed by atoms with Crippen molar-refractivity contribution in [2.45, 2.75) is 13.1 Å². The maximum Gasteiger partial charge on any atom is 0.211 e. The van der Waals surface area contributed by atoms with Crippen molar-refractivity contribution < 1.29 is 22.6 Å². The van der Waals surface area contributed by atoms with E-state index in [4.69, 9.17) is 37.4 Å². The molecule has 9 nitrogen and oxygen atoms in total. The molecule has 0 atom stereocenters. The molecule has 4 aromatic rings. The van der Waals surface area contributed by atoms with Gasteiger partial charge in [-0.2, -0.15) is 9.40 Å². The molecule has 0 radical (unpaired) electrons. The monoisotopic (exact) mass is 676 g/mol. The lowest BCUT2D eigenvalue weighted by Gasteiger charge is -2.23. The van der Waals surface area contributed by atoms with Crippen LogP contribution in [-0.4, -0.2) is 55.1 Å². The largest absolute Gasteiger partial charge is 0.497 e. The third-order valence-corrected chi connectivity index (χ3v) is 8.27. The van der Waals surface area contributed by atoms with Gasteiger partial charge in [0.15, 0.2) is 0 Å². The fourth-order valence-electron chi connectivity index (χ4n) is 3.82. The van der Waals surface area contributed by atoms with Crippen LogP contribution < -0.4 is 14.2 Å². The molecule has 2 aromatic heterocycles. The number of hydrogen-bond donors (Lipinski definition) is 0. The van der Waals surface area contributed by atoms with Gasteiger partial charge in [-0.1, -0.05) is 29.3 Å². The Morgan fingerprint density at radius 3 is 2.32 bits per heavy atom. The number of hydrogen-bond acceptors (Lipinski definition) is 7. The number of aromatic nitrogens is 3. The molecule has 0 amide bonds. The van der Waals surface area contributed by atoms with E-state index in [1.165, 1.54) is 18.5 Å². The van der Waals surface area contributed by atoms with Gasteiger partial charge in [0, 0.05) is 42.0 Å². The van der Waals surface area contributed by atoms with Crippen LogP contribution in [0.15, 0.2) is 42.6 Å². The van der Waals surface area contributed by atoms with Gasteiger partial charge >= 0.3 is 0 Å². The van der Waals surface area contributed by atoms with Crippen molar-refractivity contribution in [3.63, 3.8) is 0 Å². The molecule has 0 aliphatic rings. The van der Waals surface area contributed by atoms with Crippen LogP contribution >= 0.6 is 45.8 Å². The molecule has 0 unspecified atom stereocenters. The topological polar surface area (TPSA) is 95.8 Å². The second-order valence-corrected chi connectivity index (χ2v) is 11.8. The van der Waals surface area contributed by atoms with Crippen LogP contribution in [0.2, 0.25) is 10.2 Å². The Balaban J connectivity index is 1.74. The normalized spacial score (nSPS) is 11.8. The molecule has 196 valence electrons. The van der Waals surface area contributed by atoms with Crippen molar-refractivity contribution in [1.29, 1.82) is 0 Å². The lowest BCUT2D eigenvalue weighted by molar-refractivity contribution is 0.370. The Hall–Kier alpha value is -2.32. The van der Waals surface area contributed by atoms with Crippen molar-refractivity contribution in [3.05, 3.63) is 67.6 Å². The molecular formula is C24H23Cl2IN4O5S. The number of methoxy groups -OCH3 is 3. The predicted molar refractivity (Wildman–Crippen MR) is 152 cm³/mol. The summed E-state index contributed by atoms with van der Waals surface area (Å²) in [4.78, 5) is 4.13. The zero-order valence-electron chi connectivity index (χ0n) is 20.3. The maximum absolute atomic E-state index is 12.8. The van der Waals surface area contributed by atoms with E-state index in [0.29, 0.717) is 44.2 Å². The fourth-order valence-corrected chi connectivity index (χ4v) is 5.57. The molecule has 2 heterocycles. The van der Waals surface area contributed by atoms with Gasteiger partial charge < -0.3 is 14.2 Å². The SMILES string of the molecule is COc1ccc(CN(Cc2cc(OC)c(-n3nc(I)c4cnc(Cl)cc43)cc2Cl)S(C)(=O)=O)c(OC)c1. The van der Waals surface area contributed by atoms with E-state index >= 15 is 0 Å². The first-order chi connectivity index (χ1) is 17.5. The Morgan fingerprint density at radius 1 is 0.973 bits per heavy atom. The zero-order chi connectivity index (χ0) is 26.9.